The van der Waals surface area contributed by atoms with Crippen molar-refractivity contribution in [2.45, 2.75) is 51.1 Å². The van der Waals surface area contributed by atoms with Gasteiger partial charge in [0.25, 0.3) is 0 Å². The lowest BCUT2D eigenvalue weighted by atomic mass is 9.79. The van der Waals surface area contributed by atoms with Gasteiger partial charge >= 0.3 is 0 Å². The third kappa shape index (κ3) is 3.13. The molecular formula is C18H26N2OS. The van der Waals surface area contributed by atoms with Crippen molar-refractivity contribution in [3.63, 3.8) is 0 Å². The maximum atomic E-state index is 12.4. The summed E-state index contributed by atoms with van der Waals surface area (Å²) in [5.41, 5.74) is 0.0497. The summed E-state index contributed by atoms with van der Waals surface area (Å²) in [5.74, 6) is 0.319. The predicted octanol–water partition coefficient (Wildman–Crippen LogP) is 3.59. The molecule has 1 aromatic rings. The van der Waals surface area contributed by atoms with Crippen LogP contribution in [-0.4, -0.2) is 40.9 Å². The molecule has 0 aromatic carbocycles. The number of hydrogen-bond donors (Lipinski definition) is 0. The van der Waals surface area contributed by atoms with E-state index in [9.17, 15) is 4.79 Å². The zero-order valence-electron chi connectivity index (χ0n) is 13.5. The van der Waals surface area contributed by atoms with E-state index in [1.54, 1.807) is 0 Å². The lowest BCUT2D eigenvalue weighted by Gasteiger charge is -2.52. The van der Waals surface area contributed by atoms with E-state index in [0.29, 0.717) is 18.9 Å². The molecule has 0 saturated carbocycles. The van der Waals surface area contributed by atoms with Gasteiger partial charge in [-0.2, -0.15) is 0 Å². The van der Waals surface area contributed by atoms with Crippen molar-refractivity contribution < 1.29 is 4.79 Å². The highest BCUT2D eigenvalue weighted by molar-refractivity contribution is 7.11. The van der Waals surface area contributed by atoms with Gasteiger partial charge < -0.3 is 4.90 Å². The summed E-state index contributed by atoms with van der Waals surface area (Å²) >= 11 is 1.89. The minimum atomic E-state index is 0.0497. The number of carbonyl (C=O) groups excluding carboxylic acids is 1. The van der Waals surface area contributed by atoms with Crippen LogP contribution in [0.5, 0.6) is 0 Å². The van der Waals surface area contributed by atoms with Crippen LogP contribution in [0.2, 0.25) is 0 Å². The van der Waals surface area contributed by atoms with Gasteiger partial charge in [-0.05, 0) is 51.3 Å². The van der Waals surface area contributed by atoms with Gasteiger partial charge in [-0.3, -0.25) is 9.69 Å². The van der Waals surface area contributed by atoms with Crippen LogP contribution in [0.1, 0.15) is 41.9 Å². The first-order chi connectivity index (χ1) is 10.6. The summed E-state index contributed by atoms with van der Waals surface area (Å²) in [4.78, 5) is 19.9. The highest BCUT2D eigenvalue weighted by Crippen LogP contribution is 2.37. The minimum Gasteiger partial charge on any atom is -0.332 e. The van der Waals surface area contributed by atoms with Gasteiger partial charge in [0.1, 0.15) is 0 Å². The van der Waals surface area contributed by atoms with Crippen molar-refractivity contribution in [1.82, 2.24) is 9.80 Å². The summed E-state index contributed by atoms with van der Waals surface area (Å²) in [7, 11) is 0. The van der Waals surface area contributed by atoms with E-state index in [-0.39, 0.29) is 5.54 Å². The largest absolute Gasteiger partial charge is 0.332 e. The van der Waals surface area contributed by atoms with Crippen molar-refractivity contribution in [3.05, 3.63) is 34.5 Å². The molecule has 22 heavy (non-hydrogen) atoms. The predicted molar refractivity (Wildman–Crippen MR) is 92.1 cm³/mol. The second kappa shape index (κ2) is 6.55. The molecule has 120 valence electrons. The SMILES string of the molecule is C=CCN1C(=O)CCC[C@@]12CCCN(Cc1ccc(C)s1)C2. The van der Waals surface area contributed by atoms with Gasteiger partial charge in [0.05, 0.1) is 5.54 Å². The number of rotatable bonds is 4. The van der Waals surface area contributed by atoms with E-state index >= 15 is 0 Å². The molecule has 3 heterocycles. The quantitative estimate of drug-likeness (QED) is 0.792. The highest BCUT2D eigenvalue weighted by Gasteiger charge is 2.44. The molecule has 0 bridgehead atoms. The molecule has 2 fully saturated rings. The van der Waals surface area contributed by atoms with Crippen LogP contribution in [0.25, 0.3) is 0 Å². The lowest BCUT2D eigenvalue weighted by molar-refractivity contribution is -0.144. The third-order valence-corrected chi connectivity index (χ3v) is 6.01. The molecule has 0 unspecified atom stereocenters. The summed E-state index contributed by atoms with van der Waals surface area (Å²) in [6, 6.07) is 4.45. The summed E-state index contributed by atoms with van der Waals surface area (Å²) in [5, 5.41) is 0. The molecule has 0 N–H and O–H groups in total. The van der Waals surface area contributed by atoms with Crippen molar-refractivity contribution in [3.8, 4) is 0 Å². The Morgan fingerprint density at radius 3 is 2.91 bits per heavy atom. The third-order valence-electron chi connectivity index (χ3n) is 5.03. The maximum Gasteiger partial charge on any atom is 0.223 e. The highest BCUT2D eigenvalue weighted by atomic mass is 32.1. The van der Waals surface area contributed by atoms with E-state index in [4.69, 9.17) is 0 Å². The monoisotopic (exact) mass is 318 g/mol. The molecule has 1 spiro atoms. The molecule has 2 saturated heterocycles. The molecule has 1 amide bonds. The fourth-order valence-corrected chi connectivity index (χ4v) is 5.02. The van der Waals surface area contributed by atoms with Crippen LogP contribution in [0.15, 0.2) is 24.8 Å². The number of thiophene rings is 1. The van der Waals surface area contributed by atoms with Crippen molar-refractivity contribution >= 4 is 17.2 Å². The zero-order chi connectivity index (χ0) is 15.6. The Morgan fingerprint density at radius 2 is 2.18 bits per heavy atom. The van der Waals surface area contributed by atoms with E-state index in [1.807, 2.05) is 17.4 Å². The molecule has 0 radical (unpaired) electrons. The van der Waals surface area contributed by atoms with Gasteiger partial charge in [0.2, 0.25) is 5.91 Å². The summed E-state index contributed by atoms with van der Waals surface area (Å²) < 4.78 is 0. The topological polar surface area (TPSA) is 23.6 Å². The van der Waals surface area contributed by atoms with Gasteiger partial charge in [-0.15, -0.1) is 17.9 Å². The Labute approximate surface area is 137 Å². The van der Waals surface area contributed by atoms with Crippen molar-refractivity contribution in [1.29, 1.82) is 0 Å². The number of aryl methyl sites for hydroxylation is 1. The van der Waals surface area contributed by atoms with Gasteiger partial charge in [-0.1, -0.05) is 6.08 Å². The smallest absolute Gasteiger partial charge is 0.223 e. The number of likely N-dealkylation sites (tertiary alicyclic amines) is 2. The number of piperidine rings is 2. The molecule has 3 rings (SSSR count). The number of amides is 1. The Hall–Kier alpha value is -1.13. The van der Waals surface area contributed by atoms with Crippen molar-refractivity contribution in [2.24, 2.45) is 0 Å². The first-order valence-electron chi connectivity index (χ1n) is 8.32. The lowest BCUT2D eigenvalue weighted by Crippen LogP contribution is -2.62. The second-order valence-electron chi connectivity index (χ2n) is 6.70. The minimum absolute atomic E-state index is 0.0497. The summed E-state index contributed by atoms with van der Waals surface area (Å²) in [6.45, 7) is 9.90. The molecule has 4 heteroatoms. The molecular weight excluding hydrogens is 292 g/mol. The number of hydrogen-bond acceptors (Lipinski definition) is 3. The van der Waals surface area contributed by atoms with Crippen LogP contribution in [0.3, 0.4) is 0 Å². The van der Waals surface area contributed by atoms with Gasteiger partial charge in [0.15, 0.2) is 0 Å². The summed E-state index contributed by atoms with van der Waals surface area (Å²) in [6.07, 6.45) is 7.11. The first-order valence-corrected chi connectivity index (χ1v) is 9.14. The van der Waals surface area contributed by atoms with Crippen molar-refractivity contribution in [2.75, 3.05) is 19.6 Å². The average Bonchev–Trinajstić information content (AvgIpc) is 2.89. The van der Waals surface area contributed by atoms with Crippen LogP contribution in [-0.2, 0) is 11.3 Å². The molecule has 2 aliphatic heterocycles. The Morgan fingerprint density at radius 1 is 1.36 bits per heavy atom. The van der Waals surface area contributed by atoms with Crippen LogP contribution < -0.4 is 0 Å². The van der Waals surface area contributed by atoms with Gasteiger partial charge in [0, 0.05) is 35.8 Å². The standard InChI is InChI=1S/C18H26N2OS/c1-3-11-20-17(21)6-4-9-18(20)10-5-12-19(14-18)13-16-8-7-15(2)22-16/h3,7-8H,1,4-6,9-14H2,2H3/t18-/m0/s1. The molecule has 0 aliphatic carbocycles. The molecule has 2 aliphatic rings. The normalized spacial score (nSPS) is 26.6. The fraction of sp³-hybridized carbons (Fsp3) is 0.611. The van der Waals surface area contributed by atoms with Gasteiger partial charge in [-0.25, -0.2) is 0 Å². The van der Waals surface area contributed by atoms with E-state index in [1.165, 1.54) is 16.2 Å². The fourth-order valence-electron chi connectivity index (χ4n) is 4.08. The van der Waals surface area contributed by atoms with E-state index in [2.05, 4.69) is 35.4 Å². The van der Waals surface area contributed by atoms with Crippen LogP contribution >= 0.6 is 11.3 Å². The molecule has 1 atom stereocenters. The maximum absolute atomic E-state index is 12.4. The Balaban J connectivity index is 1.74. The number of carbonyl (C=O) groups is 1. The second-order valence-corrected chi connectivity index (χ2v) is 8.07. The first kappa shape index (κ1) is 15.8. The Kier molecular flexibility index (Phi) is 4.69. The Bertz CT molecular complexity index is 549. The average molecular weight is 318 g/mol. The number of nitrogens with zero attached hydrogens (tertiary/aromatic N) is 2. The van der Waals surface area contributed by atoms with E-state index in [0.717, 1.165) is 38.9 Å². The van der Waals surface area contributed by atoms with Crippen LogP contribution in [0, 0.1) is 6.92 Å². The van der Waals surface area contributed by atoms with E-state index < -0.39 is 0 Å². The zero-order valence-corrected chi connectivity index (χ0v) is 14.3. The molecule has 3 nitrogen and oxygen atoms in total. The van der Waals surface area contributed by atoms with Crippen LogP contribution in [0.4, 0.5) is 0 Å². The molecule has 1 aromatic heterocycles.